The summed E-state index contributed by atoms with van der Waals surface area (Å²) in [7, 11) is -10.9. The number of nitrogen functional groups attached to an aromatic ring is 1. The first-order valence-electron chi connectivity index (χ1n) is 25.1. The van der Waals surface area contributed by atoms with Gasteiger partial charge in [0.15, 0.2) is 12.3 Å². The number of aromatic nitrogens is 2. The molecule has 9 atom stereocenters. The molecule has 0 aliphatic carbocycles. The lowest BCUT2D eigenvalue weighted by molar-refractivity contribution is -0.161. The van der Waals surface area contributed by atoms with Crippen LogP contribution in [0.15, 0.2) is 126 Å². The number of esters is 2. The summed E-state index contributed by atoms with van der Waals surface area (Å²) in [5, 5.41) is 41.0. The van der Waals surface area contributed by atoms with E-state index in [2.05, 4.69) is 52.7 Å². The Labute approximate surface area is 435 Å². The van der Waals surface area contributed by atoms with Crippen LogP contribution in [0, 0.1) is 0 Å². The van der Waals surface area contributed by atoms with Crippen molar-refractivity contribution in [2.75, 3.05) is 25.6 Å². The van der Waals surface area contributed by atoms with Crippen molar-refractivity contribution in [2.45, 2.75) is 159 Å². The third-order valence-corrected chi connectivity index (χ3v) is 13.1. The first-order valence-corrected chi connectivity index (χ1v) is 28.1. The number of phosphoric ester groups is 2. The number of carbonyl (C=O) groups excluding carboxylic acids is 2. The van der Waals surface area contributed by atoms with Crippen LogP contribution >= 0.6 is 15.6 Å². The number of rotatable bonds is 39. The van der Waals surface area contributed by atoms with Crippen molar-refractivity contribution in [2.24, 2.45) is 0 Å². The van der Waals surface area contributed by atoms with Gasteiger partial charge in [0, 0.05) is 19.0 Å². The summed E-state index contributed by atoms with van der Waals surface area (Å²) in [6.07, 6.45) is 36.7. The van der Waals surface area contributed by atoms with E-state index in [9.17, 15) is 53.7 Å². The second-order valence-corrected chi connectivity index (χ2v) is 20.0. The quantitative estimate of drug-likeness (QED) is 0.0107. The number of nitrogens with two attached hydrogens (primary N) is 1. The number of unbranched alkanes of at least 4 members (excludes halogenated alkanes) is 5. The highest BCUT2D eigenvalue weighted by atomic mass is 31.3. The molecule has 0 saturated carbocycles. The molecule has 1 aliphatic rings. The molecule has 74 heavy (non-hydrogen) atoms. The van der Waals surface area contributed by atoms with E-state index in [0.29, 0.717) is 25.7 Å². The van der Waals surface area contributed by atoms with Crippen molar-refractivity contribution >= 4 is 33.4 Å². The molecule has 0 radical (unpaired) electrons. The minimum absolute atomic E-state index is 0.0624. The van der Waals surface area contributed by atoms with Gasteiger partial charge in [0.25, 0.3) is 0 Å². The average Bonchev–Trinajstić information content (AvgIpc) is 3.63. The second kappa shape index (κ2) is 38.8. The molecule has 0 amide bonds. The van der Waals surface area contributed by atoms with Gasteiger partial charge in [-0.25, -0.2) is 13.9 Å². The van der Waals surface area contributed by atoms with Gasteiger partial charge in [0.05, 0.1) is 25.4 Å². The minimum atomic E-state index is -5.48. The largest absolute Gasteiger partial charge is 0.481 e. The summed E-state index contributed by atoms with van der Waals surface area (Å²) < 4.78 is 56.6. The molecular weight excluding hydrogens is 1000 g/mol. The fourth-order valence-corrected chi connectivity index (χ4v) is 8.75. The number of anilines is 1. The predicted molar refractivity (Wildman–Crippen MR) is 282 cm³/mol. The summed E-state index contributed by atoms with van der Waals surface area (Å²) in [4.78, 5) is 61.9. The van der Waals surface area contributed by atoms with Crippen LogP contribution in [0.3, 0.4) is 0 Å². The number of hydrogen-bond donors (Lipinski definition) is 7. The zero-order chi connectivity index (χ0) is 54.5. The lowest BCUT2D eigenvalue weighted by Crippen LogP contribution is -2.36. The van der Waals surface area contributed by atoms with E-state index in [1.807, 2.05) is 31.2 Å². The van der Waals surface area contributed by atoms with Gasteiger partial charge < -0.3 is 50.2 Å². The Morgan fingerprint density at radius 2 is 1.27 bits per heavy atom. The number of carbonyl (C=O) groups is 2. The van der Waals surface area contributed by atoms with Crippen LogP contribution in [0.5, 0.6) is 0 Å². The van der Waals surface area contributed by atoms with Crippen LogP contribution in [0.2, 0.25) is 0 Å². The van der Waals surface area contributed by atoms with Gasteiger partial charge in [0.2, 0.25) is 0 Å². The fourth-order valence-electron chi connectivity index (χ4n) is 6.64. The van der Waals surface area contributed by atoms with Gasteiger partial charge >= 0.3 is 33.3 Å². The zero-order valence-corrected chi connectivity index (χ0v) is 44.4. The van der Waals surface area contributed by atoms with Crippen molar-refractivity contribution in [3.05, 3.63) is 132 Å². The van der Waals surface area contributed by atoms with Gasteiger partial charge in [-0.3, -0.25) is 23.2 Å². The lowest BCUT2D eigenvalue weighted by Gasteiger charge is -2.21. The van der Waals surface area contributed by atoms with Crippen molar-refractivity contribution in [1.82, 2.24) is 9.55 Å². The number of nitrogens with zero attached hydrogens (tertiary/aromatic N) is 2. The van der Waals surface area contributed by atoms with Gasteiger partial charge in [-0.2, -0.15) is 9.29 Å². The first kappa shape index (κ1) is 65.5. The van der Waals surface area contributed by atoms with Crippen LogP contribution < -0.4 is 11.4 Å². The predicted octanol–water partition coefficient (Wildman–Crippen LogP) is 8.16. The van der Waals surface area contributed by atoms with E-state index in [1.165, 1.54) is 6.07 Å². The number of hydrogen-bond acceptors (Lipinski definition) is 17. The van der Waals surface area contributed by atoms with Crippen LogP contribution in [0.25, 0.3) is 0 Å². The molecule has 2 heterocycles. The van der Waals surface area contributed by atoms with Crippen molar-refractivity contribution in [1.29, 1.82) is 0 Å². The highest BCUT2D eigenvalue weighted by Gasteiger charge is 2.46. The molecule has 2 unspecified atom stereocenters. The van der Waals surface area contributed by atoms with E-state index in [4.69, 9.17) is 29.0 Å². The summed E-state index contributed by atoms with van der Waals surface area (Å²) >= 11 is 0. The molecule has 0 bridgehead atoms. The fraction of sp³-hybridized carbons (Fsp3) is 0.538. The smallest absolute Gasteiger partial charge is 0.462 e. The molecule has 1 saturated heterocycles. The molecule has 2 rings (SSSR count). The monoisotopic (exact) mass is 1080 g/mol. The zero-order valence-electron chi connectivity index (χ0n) is 42.6. The first-order chi connectivity index (χ1) is 35.5. The van der Waals surface area contributed by atoms with Crippen molar-refractivity contribution in [3.63, 3.8) is 0 Å². The van der Waals surface area contributed by atoms with Gasteiger partial charge in [-0.05, 0) is 76.7 Å². The number of phosphoric acid groups is 2. The summed E-state index contributed by atoms with van der Waals surface area (Å²) in [6.45, 7) is 1.64. The van der Waals surface area contributed by atoms with E-state index >= 15 is 0 Å². The molecule has 0 spiro atoms. The Morgan fingerprint density at radius 1 is 0.716 bits per heavy atom. The number of aliphatic hydroxyl groups is 4. The maximum Gasteiger partial charge on any atom is 0.481 e. The van der Waals surface area contributed by atoms with Gasteiger partial charge in [-0.15, -0.1) is 0 Å². The Balaban J connectivity index is 1.88. The molecule has 8 N–H and O–H groups in total. The summed E-state index contributed by atoms with van der Waals surface area (Å²) in [5.74, 6) is -1.51. The molecule has 1 aromatic heterocycles. The minimum Gasteiger partial charge on any atom is -0.462 e. The summed E-state index contributed by atoms with van der Waals surface area (Å²) in [5.41, 5.74) is 4.56. The second-order valence-electron chi connectivity index (χ2n) is 17.0. The number of allylic oxidation sites excluding steroid dienone is 14. The van der Waals surface area contributed by atoms with E-state index in [1.54, 1.807) is 48.6 Å². The Bertz CT molecular complexity index is 2200. The molecule has 20 nitrogen and oxygen atoms in total. The van der Waals surface area contributed by atoms with Crippen molar-refractivity contribution < 1.29 is 76.5 Å². The highest BCUT2D eigenvalue weighted by molar-refractivity contribution is 7.61. The maximum atomic E-state index is 12.8. The molecule has 1 aromatic rings. The Hall–Kier alpha value is -4.66. The highest BCUT2D eigenvalue weighted by Crippen LogP contribution is 2.60. The van der Waals surface area contributed by atoms with Crippen LogP contribution in [0.1, 0.15) is 123 Å². The molecule has 1 aliphatic heterocycles. The number of ether oxygens (including phenoxy) is 3. The molecule has 414 valence electrons. The molecule has 0 aromatic carbocycles. The third kappa shape index (κ3) is 31.3. The van der Waals surface area contributed by atoms with Crippen molar-refractivity contribution in [3.8, 4) is 0 Å². The van der Waals surface area contributed by atoms with Crippen LogP contribution in [-0.4, -0.2) is 108 Å². The molecule has 1 fully saturated rings. The lowest BCUT2D eigenvalue weighted by atomic mass is 10.1. The number of aliphatic hydroxyl groups excluding tert-OH is 4. The molecule has 22 heteroatoms. The van der Waals surface area contributed by atoms with Crippen LogP contribution in [-0.2, 0) is 46.3 Å². The SMILES string of the molecule is CC/C=C\C/C=C\C/C=C\CCCCCCCC(=O)OC[C@H](COP(=O)(O)OP(=O)(O)OC[C@H]1O[C@@H](n2ccc(N)nc2=O)[C@H](O)[C@@H]1O)OC(=O)CC/C=C\C/C=C\C[C@@H](O)/C=C/C=C\C=C\[C@@H](O)C/C=C\CC. The van der Waals surface area contributed by atoms with E-state index in [0.717, 1.165) is 68.6 Å². The topological polar surface area (TPSA) is 306 Å². The van der Waals surface area contributed by atoms with Gasteiger partial charge in [0.1, 0.15) is 30.7 Å². The average molecular weight is 1080 g/mol. The Kier molecular flexibility index (Phi) is 34.3. The van der Waals surface area contributed by atoms with E-state index < -0.39 is 95.9 Å². The van der Waals surface area contributed by atoms with E-state index in [-0.39, 0.29) is 25.1 Å². The summed E-state index contributed by atoms with van der Waals surface area (Å²) in [6, 6.07) is 1.23. The van der Waals surface area contributed by atoms with Crippen LogP contribution in [0.4, 0.5) is 5.82 Å². The standard InChI is InChI=1S/C52H79N3O17P2/c1-3-5-7-8-9-10-11-12-13-14-15-16-17-21-29-35-47(58)67-39-44(70-48(59)36-30-22-19-18-20-26-32-43(57)34-28-24-23-27-33-42(56)31-25-6-4-2)40-68-73(63,64)72-74(65,66)69-41-45-49(60)50(61)51(71-45)55-38-37-46(53)54-52(55)62/h5-7,9-10,12-13,19-20,22-28,33-34,37-38,42-45,49-51,56-57,60-61H,3-4,8,11,14-18,21,29-32,35-36,39-41H2,1-2H3,(H,63,64)(H,65,66)(H2,53,54,62)/b7-5-,10-9-,13-12-,22-19-,24-23-,25-6-,26-20-,33-27+,34-28+/t42-,43+,44+,45+,49+,50+,51+/m0/s1. The maximum absolute atomic E-state index is 12.8. The third-order valence-electron chi connectivity index (χ3n) is 10.5. The van der Waals surface area contributed by atoms with Gasteiger partial charge in [-0.1, -0.05) is 142 Å². The molecular formula is C52H79N3O17P2. The Morgan fingerprint density at radius 3 is 1.92 bits per heavy atom. The normalized spacial score (nSPS) is 20.6.